The third-order valence-corrected chi connectivity index (χ3v) is 4.03. The molecule has 5 nitrogen and oxygen atoms in total. The summed E-state index contributed by atoms with van der Waals surface area (Å²) in [6.07, 6.45) is 7.74. The van der Waals surface area contributed by atoms with Crippen LogP contribution in [-0.4, -0.2) is 16.9 Å². The van der Waals surface area contributed by atoms with Crippen LogP contribution in [0.5, 0.6) is 0 Å². The van der Waals surface area contributed by atoms with Crippen molar-refractivity contribution in [2.45, 2.75) is 45.6 Å². The molecule has 0 spiro atoms. The van der Waals surface area contributed by atoms with Crippen LogP contribution in [0.25, 0.3) is 0 Å². The molecule has 1 aliphatic carbocycles. The van der Waals surface area contributed by atoms with Gasteiger partial charge >= 0.3 is 0 Å². The lowest BCUT2D eigenvalue weighted by atomic mass is 9.73. The molecule has 104 valence electrons. The molecule has 5 heteroatoms. The Kier molecular flexibility index (Phi) is 4.04. The van der Waals surface area contributed by atoms with Crippen LogP contribution in [-0.2, 0) is 0 Å². The first-order chi connectivity index (χ1) is 9.04. The zero-order valence-electron chi connectivity index (χ0n) is 11.6. The van der Waals surface area contributed by atoms with Gasteiger partial charge in [-0.05, 0) is 24.3 Å². The fraction of sp³-hybridized carbons (Fsp3) is 0.571. The highest BCUT2D eigenvalue weighted by atomic mass is 16.1. The van der Waals surface area contributed by atoms with Gasteiger partial charge in [0, 0.05) is 18.4 Å². The Morgan fingerprint density at radius 2 is 2.26 bits per heavy atom. The number of pyridine rings is 1. The summed E-state index contributed by atoms with van der Waals surface area (Å²) in [5.74, 6) is 5.31. The van der Waals surface area contributed by atoms with E-state index in [1.807, 2.05) is 0 Å². The van der Waals surface area contributed by atoms with Crippen molar-refractivity contribution in [1.29, 1.82) is 0 Å². The van der Waals surface area contributed by atoms with Gasteiger partial charge in [0.25, 0.3) is 5.91 Å². The van der Waals surface area contributed by atoms with Crippen molar-refractivity contribution in [1.82, 2.24) is 10.3 Å². The molecule has 1 aromatic rings. The highest BCUT2D eigenvalue weighted by molar-refractivity contribution is 5.99. The topological polar surface area (TPSA) is 80.0 Å². The summed E-state index contributed by atoms with van der Waals surface area (Å²) >= 11 is 0. The van der Waals surface area contributed by atoms with Gasteiger partial charge in [0.1, 0.15) is 0 Å². The summed E-state index contributed by atoms with van der Waals surface area (Å²) in [5.41, 5.74) is 3.77. The standard InChI is InChI=1S/C14H22N4O/c1-14(2)7-4-3-5-12(14)17-13(19)10-9-16-8-6-11(10)18-15/h6,8-9,12H,3-5,7,15H2,1-2H3,(H,16,18)(H,17,19). The minimum absolute atomic E-state index is 0.110. The molecular formula is C14H22N4O. The maximum absolute atomic E-state index is 12.3. The van der Waals surface area contributed by atoms with Crippen LogP contribution in [0.2, 0.25) is 0 Å². The van der Waals surface area contributed by atoms with Crippen molar-refractivity contribution in [3.63, 3.8) is 0 Å². The number of nitrogens with zero attached hydrogens (tertiary/aromatic N) is 1. The van der Waals surface area contributed by atoms with Gasteiger partial charge < -0.3 is 10.7 Å². The van der Waals surface area contributed by atoms with Crippen molar-refractivity contribution in [3.8, 4) is 0 Å². The average molecular weight is 262 g/mol. The molecule has 0 radical (unpaired) electrons. The Morgan fingerprint density at radius 3 is 2.95 bits per heavy atom. The monoisotopic (exact) mass is 262 g/mol. The van der Waals surface area contributed by atoms with Crippen molar-refractivity contribution in [3.05, 3.63) is 24.0 Å². The minimum Gasteiger partial charge on any atom is -0.349 e. The van der Waals surface area contributed by atoms with E-state index < -0.39 is 0 Å². The van der Waals surface area contributed by atoms with Crippen LogP contribution in [0.3, 0.4) is 0 Å². The molecule has 0 bridgehead atoms. The number of nitrogens with one attached hydrogen (secondary N) is 2. The van der Waals surface area contributed by atoms with Crippen LogP contribution < -0.4 is 16.6 Å². The van der Waals surface area contributed by atoms with Crippen LogP contribution in [0.1, 0.15) is 49.9 Å². The number of carbonyl (C=O) groups excluding carboxylic acids is 1. The lowest BCUT2D eigenvalue weighted by molar-refractivity contribution is 0.0854. The van der Waals surface area contributed by atoms with E-state index in [1.165, 1.54) is 12.8 Å². The lowest BCUT2D eigenvalue weighted by Gasteiger charge is -2.39. The molecular weight excluding hydrogens is 240 g/mol. The lowest BCUT2D eigenvalue weighted by Crippen LogP contribution is -2.47. The van der Waals surface area contributed by atoms with Crippen LogP contribution >= 0.6 is 0 Å². The number of aromatic nitrogens is 1. The second-order valence-electron chi connectivity index (χ2n) is 5.83. The average Bonchev–Trinajstić information content (AvgIpc) is 2.41. The molecule has 0 aliphatic heterocycles. The molecule has 1 fully saturated rings. The molecule has 4 N–H and O–H groups in total. The fourth-order valence-corrected chi connectivity index (χ4v) is 2.70. The summed E-state index contributed by atoms with van der Waals surface area (Å²) in [5, 5.41) is 3.13. The van der Waals surface area contributed by atoms with E-state index in [2.05, 4.69) is 29.6 Å². The minimum atomic E-state index is -0.110. The molecule has 0 saturated heterocycles. The highest BCUT2D eigenvalue weighted by Gasteiger charge is 2.33. The maximum atomic E-state index is 12.3. The maximum Gasteiger partial charge on any atom is 0.255 e. The number of anilines is 1. The molecule has 1 saturated carbocycles. The summed E-state index contributed by atoms with van der Waals surface area (Å²) in [6.45, 7) is 4.42. The van der Waals surface area contributed by atoms with Gasteiger partial charge in [-0.1, -0.05) is 26.7 Å². The summed E-state index contributed by atoms with van der Waals surface area (Å²) in [6, 6.07) is 1.90. The van der Waals surface area contributed by atoms with Gasteiger partial charge in [-0.25, -0.2) is 0 Å². The van der Waals surface area contributed by atoms with Crippen molar-refractivity contribution < 1.29 is 4.79 Å². The van der Waals surface area contributed by atoms with Gasteiger partial charge in [-0.2, -0.15) is 0 Å². The fourth-order valence-electron chi connectivity index (χ4n) is 2.70. The van der Waals surface area contributed by atoms with Gasteiger partial charge in [-0.15, -0.1) is 0 Å². The first-order valence-electron chi connectivity index (χ1n) is 6.76. The van der Waals surface area contributed by atoms with Crippen LogP contribution in [0.15, 0.2) is 18.5 Å². The Labute approximate surface area is 114 Å². The van der Waals surface area contributed by atoms with Gasteiger partial charge in [0.15, 0.2) is 0 Å². The highest BCUT2D eigenvalue weighted by Crippen LogP contribution is 2.35. The normalized spacial score (nSPS) is 21.7. The van der Waals surface area contributed by atoms with Crippen molar-refractivity contribution >= 4 is 11.6 Å². The number of rotatable bonds is 3. The van der Waals surface area contributed by atoms with Gasteiger partial charge in [-0.3, -0.25) is 15.6 Å². The van der Waals surface area contributed by atoms with E-state index in [-0.39, 0.29) is 17.4 Å². The van der Waals surface area contributed by atoms with Crippen molar-refractivity contribution in [2.24, 2.45) is 11.3 Å². The number of hydrogen-bond acceptors (Lipinski definition) is 4. The van der Waals surface area contributed by atoms with E-state index in [0.717, 1.165) is 12.8 Å². The summed E-state index contributed by atoms with van der Waals surface area (Å²) in [7, 11) is 0. The summed E-state index contributed by atoms with van der Waals surface area (Å²) in [4.78, 5) is 16.3. The third kappa shape index (κ3) is 3.04. The van der Waals surface area contributed by atoms with Crippen LogP contribution in [0.4, 0.5) is 5.69 Å². The quantitative estimate of drug-likeness (QED) is 0.575. The largest absolute Gasteiger partial charge is 0.349 e. The molecule has 1 unspecified atom stereocenters. The number of carbonyl (C=O) groups is 1. The molecule has 2 rings (SSSR count). The summed E-state index contributed by atoms with van der Waals surface area (Å²) < 4.78 is 0. The number of nitrogen functional groups attached to an aromatic ring is 1. The Morgan fingerprint density at radius 1 is 1.47 bits per heavy atom. The van der Waals surface area contributed by atoms with E-state index in [4.69, 9.17) is 5.84 Å². The van der Waals surface area contributed by atoms with Gasteiger partial charge in [0.05, 0.1) is 11.3 Å². The third-order valence-electron chi connectivity index (χ3n) is 4.03. The zero-order valence-corrected chi connectivity index (χ0v) is 11.6. The first kappa shape index (κ1) is 13.8. The van der Waals surface area contributed by atoms with Crippen molar-refractivity contribution in [2.75, 3.05) is 5.43 Å². The molecule has 1 atom stereocenters. The second-order valence-corrected chi connectivity index (χ2v) is 5.83. The number of hydrogen-bond donors (Lipinski definition) is 3. The Balaban J connectivity index is 2.12. The Hall–Kier alpha value is -1.62. The molecule has 1 heterocycles. The first-order valence-corrected chi connectivity index (χ1v) is 6.76. The predicted molar refractivity (Wildman–Crippen MR) is 75.6 cm³/mol. The number of nitrogens with two attached hydrogens (primary N) is 1. The van der Waals surface area contributed by atoms with Crippen LogP contribution in [0, 0.1) is 5.41 Å². The molecule has 19 heavy (non-hydrogen) atoms. The SMILES string of the molecule is CC1(C)CCCCC1NC(=O)c1cnccc1NN. The number of amides is 1. The Bertz CT molecular complexity index is 459. The molecule has 1 aliphatic rings. The zero-order chi connectivity index (χ0) is 13.9. The van der Waals surface area contributed by atoms with E-state index in [0.29, 0.717) is 11.3 Å². The van der Waals surface area contributed by atoms with Gasteiger partial charge in [0.2, 0.25) is 0 Å². The smallest absolute Gasteiger partial charge is 0.255 e. The molecule has 1 amide bonds. The molecule has 1 aromatic heterocycles. The van der Waals surface area contributed by atoms with E-state index in [1.54, 1.807) is 18.5 Å². The van der Waals surface area contributed by atoms with E-state index >= 15 is 0 Å². The number of hydrazine groups is 1. The second kappa shape index (κ2) is 5.57. The van der Waals surface area contributed by atoms with E-state index in [9.17, 15) is 4.79 Å². The predicted octanol–water partition coefficient (Wildman–Crippen LogP) is 2.07. The molecule has 0 aromatic carbocycles.